The summed E-state index contributed by atoms with van der Waals surface area (Å²) in [6.45, 7) is 3.74. The molecule has 0 aliphatic rings. The topological polar surface area (TPSA) is 47.3 Å². The first kappa shape index (κ1) is 11.2. The molecule has 0 saturated heterocycles. The van der Waals surface area contributed by atoms with Crippen LogP contribution in [0.5, 0.6) is 0 Å². The van der Waals surface area contributed by atoms with Gasteiger partial charge in [-0.3, -0.25) is 4.68 Å². The Morgan fingerprint density at radius 3 is 2.71 bits per heavy atom. The SMILES string of the molecule is COC(C)(C)C(O)Cc1cnn(C)c1. The van der Waals surface area contributed by atoms with E-state index in [4.69, 9.17) is 4.74 Å². The van der Waals surface area contributed by atoms with Crippen LogP contribution in [-0.2, 0) is 18.2 Å². The Labute approximate surface area is 84.5 Å². The molecule has 0 amide bonds. The summed E-state index contributed by atoms with van der Waals surface area (Å²) in [4.78, 5) is 0. The zero-order valence-electron chi connectivity index (χ0n) is 9.19. The molecule has 0 aromatic carbocycles. The molecular formula is C10H18N2O2. The number of rotatable bonds is 4. The minimum absolute atomic E-state index is 0.517. The molecule has 0 bridgehead atoms. The minimum Gasteiger partial charge on any atom is -0.390 e. The highest BCUT2D eigenvalue weighted by atomic mass is 16.5. The van der Waals surface area contributed by atoms with Crippen molar-refractivity contribution in [3.05, 3.63) is 18.0 Å². The Morgan fingerprint density at radius 1 is 1.64 bits per heavy atom. The first-order valence-electron chi connectivity index (χ1n) is 4.66. The molecule has 80 valence electrons. The van der Waals surface area contributed by atoms with Gasteiger partial charge in [0.2, 0.25) is 0 Å². The van der Waals surface area contributed by atoms with Gasteiger partial charge in [0, 0.05) is 26.8 Å². The van der Waals surface area contributed by atoms with Crippen LogP contribution in [0, 0.1) is 0 Å². The first-order chi connectivity index (χ1) is 6.45. The maximum atomic E-state index is 9.88. The Balaban J connectivity index is 2.61. The molecule has 1 rings (SSSR count). The van der Waals surface area contributed by atoms with E-state index in [0.29, 0.717) is 6.42 Å². The Morgan fingerprint density at radius 2 is 2.29 bits per heavy atom. The second kappa shape index (κ2) is 4.11. The average Bonchev–Trinajstić information content (AvgIpc) is 2.51. The van der Waals surface area contributed by atoms with Gasteiger partial charge in [-0.05, 0) is 19.4 Å². The van der Waals surface area contributed by atoms with Gasteiger partial charge in [0.15, 0.2) is 0 Å². The van der Waals surface area contributed by atoms with Gasteiger partial charge in [-0.2, -0.15) is 5.10 Å². The van der Waals surface area contributed by atoms with Crippen molar-refractivity contribution in [2.45, 2.75) is 32.0 Å². The van der Waals surface area contributed by atoms with Gasteiger partial charge in [0.05, 0.1) is 17.9 Å². The number of nitrogens with zero attached hydrogens (tertiary/aromatic N) is 2. The van der Waals surface area contributed by atoms with Crippen LogP contribution in [0.3, 0.4) is 0 Å². The number of aryl methyl sites for hydroxylation is 1. The van der Waals surface area contributed by atoms with Gasteiger partial charge in [0.25, 0.3) is 0 Å². The lowest BCUT2D eigenvalue weighted by atomic mass is 9.96. The highest BCUT2D eigenvalue weighted by molar-refractivity contribution is 5.06. The molecule has 0 fully saturated rings. The van der Waals surface area contributed by atoms with E-state index in [1.54, 1.807) is 18.0 Å². The standard InChI is InChI=1S/C10H18N2O2/c1-10(2,14-4)9(13)5-8-6-11-12(3)7-8/h6-7,9,13H,5H2,1-4H3. The molecule has 1 N–H and O–H groups in total. The highest BCUT2D eigenvalue weighted by Gasteiger charge is 2.27. The number of aliphatic hydroxyl groups excluding tert-OH is 1. The third kappa shape index (κ3) is 2.56. The Bertz CT molecular complexity index is 294. The molecule has 0 saturated carbocycles. The summed E-state index contributed by atoms with van der Waals surface area (Å²) < 4.78 is 6.93. The van der Waals surface area contributed by atoms with Crippen LogP contribution in [0.4, 0.5) is 0 Å². The molecule has 14 heavy (non-hydrogen) atoms. The summed E-state index contributed by atoms with van der Waals surface area (Å²) >= 11 is 0. The lowest BCUT2D eigenvalue weighted by molar-refractivity contribution is -0.0765. The quantitative estimate of drug-likeness (QED) is 0.776. The van der Waals surface area contributed by atoms with Crippen LogP contribution >= 0.6 is 0 Å². The van der Waals surface area contributed by atoms with E-state index < -0.39 is 11.7 Å². The summed E-state index contributed by atoms with van der Waals surface area (Å²) in [6.07, 6.45) is 3.70. The van der Waals surface area contributed by atoms with Crippen molar-refractivity contribution >= 4 is 0 Å². The molecule has 1 atom stereocenters. The van der Waals surface area contributed by atoms with Crippen molar-refractivity contribution in [3.8, 4) is 0 Å². The molecule has 0 aliphatic carbocycles. The summed E-state index contributed by atoms with van der Waals surface area (Å²) in [7, 11) is 3.46. The first-order valence-corrected chi connectivity index (χ1v) is 4.66. The van der Waals surface area contributed by atoms with Gasteiger partial charge < -0.3 is 9.84 Å². The summed E-state index contributed by atoms with van der Waals surface area (Å²) in [5.74, 6) is 0. The molecule has 1 heterocycles. The van der Waals surface area contributed by atoms with Gasteiger partial charge >= 0.3 is 0 Å². The predicted octanol–water partition coefficient (Wildman–Crippen LogP) is 0.748. The Kier molecular flexibility index (Phi) is 3.29. The van der Waals surface area contributed by atoms with Gasteiger partial charge in [0.1, 0.15) is 0 Å². The van der Waals surface area contributed by atoms with Crippen LogP contribution in [-0.4, -0.2) is 33.7 Å². The fraction of sp³-hybridized carbons (Fsp3) is 0.700. The van der Waals surface area contributed by atoms with Crippen molar-refractivity contribution in [2.75, 3.05) is 7.11 Å². The zero-order valence-corrected chi connectivity index (χ0v) is 9.19. The molecule has 0 radical (unpaired) electrons. The molecule has 4 nitrogen and oxygen atoms in total. The van der Waals surface area contributed by atoms with Gasteiger partial charge in [-0.25, -0.2) is 0 Å². The molecular weight excluding hydrogens is 180 g/mol. The zero-order chi connectivity index (χ0) is 10.8. The van der Waals surface area contributed by atoms with E-state index in [1.807, 2.05) is 27.1 Å². The van der Waals surface area contributed by atoms with Crippen LogP contribution in [0.15, 0.2) is 12.4 Å². The summed E-state index contributed by atoms with van der Waals surface area (Å²) in [6, 6.07) is 0. The predicted molar refractivity (Wildman–Crippen MR) is 54.0 cm³/mol. The molecule has 0 aliphatic heterocycles. The lowest BCUT2D eigenvalue weighted by Gasteiger charge is -2.28. The van der Waals surface area contributed by atoms with Crippen molar-refractivity contribution in [2.24, 2.45) is 7.05 Å². The molecule has 0 spiro atoms. The van der Waals surface area contributed by atoms with Crippen LogP contribution in [0.2, 0.25) is 0 Å². The van der Waals surface area contributed by atoms with Crippen molar-refractivity contribution in [3.63, 3.8) is 0 Å². The van der Waals surface area contributed by atoms with E-state index in [2.05, 4.69) is 5.10 Å². The number of aromatic nitrogens is 2. The van der Waals surface area contributed by atoms with E-state index in [-0.39, 0.29) is 0 Å². The highest BCUT2D eigenvalue weighted by Crippen LogP contribution is 2.17. The third-order valence-corrected chi connectivity index (χ3v) is 2.52. The number of methoxy groups -OCH3 is 1. The average molecular weight is 198 g/mol. The minimum atomic E-state index is -0.518. The van der Waals surface area contributed by atoms with E-state index in [9.17, 15) is 5.11 Å². The normalized spacial score (nSPS) is 14.4. The Hall–Kier alpha value is -0.870. The van der Waals surface area contributed by atoms with E-state index in [0.717, 1.165) is 5.56 Å². The van der Waals surface area contributed by atoms with Crippen molar-refractivity contribution < 1.29 is 9.84 Å². The van der Waals surface area contributed by atoms with Gasteiger partial charge in [-0.1, -0.05) is 0 Å². The largest absolute Gasteiger partial charge is 0.390 e. The second-order valence-electron chi connectivity index (χ2n) is 4.05. The molecule has 1 aromatic rings. The number of hydrogen-bond donors (Lipinski definition) is 1. The van der Waals surface area contributed by atoms with E-state index >= 15 is 0 Å². The molecule has 1 unspecified atom stereocenters. The fourth-order valence-corrected chi connectivity index (χ4v) is 1.18. The summed E-state index contributed by atoms with van der Waals surface area (Å²) in [5.41, 5.74) is 0.501. The lowest BCUT2D eigenvalue weighted by Crippen LogP contribution is -2.39. The fourth-order valence-electron chi connectivity index (χ4n) is 1.18. The third-order valence-electron chi connectivity index (χ3n) is 2.52. The smallest absolute Gasteiger partial charge is 0.0883 e. The van der Waals surface area contributed by atoms with Crippen LogP contribution in [0.25, 0.3) is 0 Å². The summed E-state index contributed by atoms with van der Waals surface area (Å²) in [5, 5.41) is 13.9. The maximum Gasteiger partial charge on any atom is 0.0883 e. The maximum absolute atomic E-state index is 9.88. The second-order valence-corrected chi connectivity index (χ2v) is 4.05. The number of hydrogen-bond acceptors (Lipinski definition) is 3. The van der Waals surface area contributed by atoms with Gasteiger partial charge in [-0.15, -0.1) is 0 Å². The van der Waals surface area contributed by atoms with Crippen molar-refractivity contribution in [1.29, 1.82) is 0 Å². The molecule has 4 heteroatoms. The number of ether oxygens (including phenoxy) is 1. The molecule has 1 aromatic heterocycles. The van der Waals surface area contributed by atoms with Crippen molar-refractivity contribution in [1.82, 2.24) is 9.78 Å². The number of aliphatic hydroxyl groups is 1. The van der Waals surface area contributed by atoms with Crippen LogP contribution in [0.1, 0.15) is 19.4 Å². The monoisotopic (exact) mass is 198 g/mol. The van der Waals surface area contributed by atoms with E-state index in [1.165, 1.54) is 0 Å². The van der Waals surface area contributed by atoms with Crippen LogP contribution < -0.4 is 0 Å².